The van der Waals surface area contributed by atoms with Gasteiger partial charge in [0, 0.05) is 23.8 Å². The molecule has 0 aliphatic heterocycles. The van der Waals surface area contributed by atoms with E-state index < -0.39 is 5.82 Å². The fraction of sp³-hybridized carbons (Fsp3) is 0.375. The van der Waals surface area contributed by atoms with Crippen LogP contribution in [0, 0.1) is 18.7 Å². The van der Waals surface area contributed by atoms with Crippen LogP contribution < -0.4 is 11.1 Å². The molecule has 2 atom stereocenters. The van der Waals surface area contributed by atoms with Gasteiger partial charge in [0.25, 0.3) is 0 Å². The molecule has 1 aliphatic rings. The topological polar surface area (TPSA) is 72.9 Å². The second-order valence-corrected chi connectivity index (χ2v) is 5.89. The number of anilines is 1. The second kappa shape index (κ2) is 5.88. The number of nitrogens with one attached hydrogen (secondary N) is 1. The van der Waals surface area contributed by atoms with E-state index in [0.717, 1.165) is 18.4 Å². The summed E-state index contributed by atoms with van der Waals surface area (Å²) >= 11 is 0. The first-order valence-electron chi connectivity index (χ1n) is 7.40. The Balaban J connectivity index is 1.73. The number of halogens is 1. The van der Waals surface area contributed by atoms with E-state index in [0.29, 0.717) is 17.8 Å². The highest BCUT2D eigenvalue weighted by molar-refractivity contribution is 5.92. The number of rotatable bonds is 3. The van der Waals surface area contributed by atoms with Gasteiger partial charge in [-0.1, -0.05) is 0 Å². The summed E-state index contributed by atoms with van der Waals surface area (Å²) in [6.07, 6.45) is 5.76. The van der Waals surface area contributed by atoms with Crippen molar-refractivity contribution in [1.82, 2.24) is 9.78 Å². The average Bonchev–Trinajstić information content (AvgIpc) is 3.08. The summed E-state index contributed by atoms with van der Waals surface area (Å²) in [7, 11) is 0. The van der Waals surface area contributed by atoms with E-state index in [1.165, 1.54) is 10.7 Å². The maximum Gasteiger partial charge on any atom is 0.227 e. The maximum atomic E-state index is 14.2. The molecule has 2 unspecified atom stereocenters. The maximum absolute atomic E-state index is 14.2. The van der Waals surface area contributed by atoms with Crippen LogP contribution in [-0.2, 0) is 4.79 Å². The predicted molar refractivity (Wildman–Crippen MR) is 82.2 cm³/mol. The number of aryl methyl sites for hydroxylation is 1. The number of nitrogens with two attached hydrogens (primary N) is 1. The van der Waals surface area contributed by atoms with Crippen molar-refractivity contribution in [2.24, 2.45) is 11.7 Å². The minimum Gasteiger partial charge on any atom is -0.328 e. The Morgan fingerprint density at radius 1 is 1.45 bits per heavy atom. The largest absolute Gasteiger partial charge is 0.328 e. The Morgan fingerprint density at radius 3 is 2.86 bits per heavy atom. The summed E-state index contributed by atoms with van der Waals surface area (Å²) < 4.78 is 15.7. The lowest BCUT2D eigenvalue weighted by Gasteiger charge is -2.12. The van der Waals surface area contributed by atoms with Crippen LogP contribution >= 0.6 is 0 Å². The highest BCUT2D eigenvalue weighted by Crippen LogP contribution is 2.26. The standard InChI is InChI=1S/C16H19FN4O/c1-10-8-19-21(9-10)15-5-4-13(7-14(15)17)20-16(22)11-2-3-12(18)6-11/h4-5,7-9,11-12H,2-3,6,18H2,1H3,(H,20,22). The van der Waals surface area contributed by atoms with Gasteiger partial charge in [0.2, 0.25) is 5.91 Å². The molecule has 3 rings (SSSR count). The van der Waals surface area contributed by atoms with E-state index >= 15 is 0 Å². The van der Waals surface area contributed by atoms with Crippen LogP contribution in [0.25, 0.3) is 5.69 Å². The summed E-state index contributed by atoms with van der Waals surface area (Å²) in [5.74, 6) is -0.592. The van der Waals surface area contributed by atoms with Crippen molar-refractivity contribution in [2.45, 2.75) is 32.2 Å². The van der Waals surface area contributed by atoms with Crippen molar-refractivity contribution in [3.8, 4) is 5.69 Å². The smallest absolute Gasteiger partial charge is 0.227 e. The SMILES string of the molecule is Cc1cnn(-c2ccc(NC(=O)C3CCC(N)C3)cc2F)c1. The molecule has 0 spiro atoms. The Morgan fingerprint density at radius 2 is 2.27 bits per heavy atom. The summed E-state index contributed by atoms with van der Waals surface area (Å²) in [5.41, 5.74) is 7.58. The minimum absolute atomic E-state index is 0.0773. The summed E-state index contributed by atoms with van der Waals surface area (Å²) in [6.45, 7) is 1.89. The van der Waals surface area contributed by atoms with Crippen LogP contribution in [0.1, 0.15) is 24.8 Å². The van der Waals surface area contributed by atoms with Crippen molar-refractivity contribution >= 4 is 11.6 Å². The normalized spacial score (nSPS) is 21.0. The number of hydrogen-bond acceptors (Lipinski definition) is 3. The molecule has 22 heavy (non-hydrogen) atoms. The van der Waals surface area contributed by atoms with Crippen molar-refractivity contribution in [2.75, 3.05) is 5.32 Å². The molecule has 1 aromatic heterocycles. The van der Waals surface area contributed by atoms with E-state index in [2.05, 4.69) is 10.4 Å². The van der Waals surface area contributed by atoms with E-state index in [4.69, 9.17) is 5.73 Å². The molecule has 5 nitrogen and oxygen atoms in total. The highest BCUT2D eigenvalue weighted by atomic mass is 19.1. The van der Waals surface area contributed by atoms with Gasteiger partial charge in [-0.15, -0.1) is 0 Å². The predicted octanol–water partition coefficient (Wildman–Crippen LogP) is 2.39. The van der Waals surface area contributed by atoms with Crippen molar-refractivity contribution in [3.63, 3.8) is 0 Å². The van der Waals surface area contributed by atoms with E-state index in [-0.39, 0.29) is 17.9 Å². The Bertz CT molecular complexity index is 697. The van der Waals surface area contributed by atoms with Gasteiger partial charge in [-0.2, -0.15) is 5.10 Å². The molecule has 1 amide bonds. The van der Waals surface area contributed by atoms with Gasteiger partial charge >= 0.3 is 0 Å². The van der Waals surface area contributed by atoms with Crippen molar-refractivity contribution in [1.29, 1.82) is 0 Å². The molecule has 1 saturated carbocycles. The molecular formula is C16H19FN4O. The highest BCUT2D eigenvalue weighted by Gasteiger charge is 2.27. The zero-order valence-corrected chi connectivity index (χ0v) is 12.4. The number of nitrogens with zero attached hydrogens (tertiary/aromatic N) is 2. The molecule has 0 saturated heterocycles. The lowest BCUT2D eigenvalue weighted by molar-refractivity contribution is -0.119. The number of carbonyl (C=O) groups excluding carboxylic acids is 1. The minimum atomic E-state index is -0.427. The Labute approximate surface area is 128 Å². The molecule has 1 aromatic carbocycles. The van der Waals surface area contributed by atoms with E-state index in [9.17, 15) is 9.18 Å². The summed E-state index contributed by atoms with van der Waals surface area (Å²) in [5, 5.41) is 6.85. The first-order valence-corrected chi connectivity index (χ1v) is 7.40. The number of aromatic nitrogens is 2. The molecule has 6 heteroatoms. The number of hydrogen-bond donors (Lipinski definition) is 2. The molecule has 1 aliphatic carbocycles. The number of amides is 1. The van der Waals surface area contributed by atoms with Gasteiger partial charge in [0.05, 0.1) is 6.20 Å². The zero-order chi connectivity index (χ0) is 15.7. The lowest BCUT2D eigenvalue weighted by Crippen LogP contribution is -2.23. The third-order valence-electron chi connectivity index (χ3n) is 4.02. The van der Waals surface area contributed by atoms with E-state index in [1.54, 1.807) is 24.5 Å². The van der Waals surface area contributed by atoms with Gasteiger partial charge in [-0.3, -0.25) is 4.79 Å². The Kier molecular flexibility index (Phi) is 3.94. The quantitative estimate of drug-likeness (QED) is 0.914. The second-order valence-electron chi connectivity index (χ2n) is 5.89. The molecule has 116 valence electrons. The molecule has 3 N–H and O–H groups in total. The molecule has 0 bridgehead atoms. The fourth-order valence-electron chi connectivity index (χ4n) is 2.81. The third kappa shape index (κ3) is 3.01. The molecule has 1 fully saturated rings. The van der Waals surface area contributed by atoms with Crippen LogP contribution in [0.2, 0.25) is 0 Å². The van der Waals surface area contributed by atoms with Crippen LogP contribution in [0.3, 0.4) is 0 Å². The Hall–Kier alpha value is -2.21. The number of carbonyl (C=O) groups is 1. The first-order chi connectivity index (χ1) is 10.5. The first kappa shape index (κ1) is 14.7. The van der Waals surface area contributed by atoms with Crippen LogP contribution in [0.5, 0.6) is 0 Å². The monoisotopic (exact) mass is 302 g/mol. The van der Waals surface area contributed by atoms with Crippen LogP contribution in [0.4, 0.5) is 10.1 Å². The average molecular weight is 302 g/mol. The van der Waals surface area contributed by atoms with Gasteiger partial charge in [0.15, 0.2) is 5.82 Å². The zero-order valence-electron chi connectivity index (χ0n) is 12.4. The number of benzene rings is 1. The lowest BCUT2D eigenvalue weighted by atomic mass is 10.1. The van der Waals surface area contributed by atoms with Crippen molar-refractivity contribution in [3.05, 3.63) is 42.0 Å². The summed E-state index contributed by atoms with van der Waals surface area (Å²) in [6, 6.07) is 4.71. The van der Waals surface area contributed by atoms with Crippen LogP contribution in [0.15, 0.2) is 30.6 Å². The van der Waals surface area contributed by atoms with Crippen LogP contribution in [-0.4, -0.2) is 21.7 Å². The van der Waals surface area contributed by atoms with Gasteiger partial charge in [-0.25, -0.2) is 9.07 Å². The fourth-order valence-corrected chi connectivity index (χ4v) is 2.81. The molecule has 2 aromatic rings. The van der Waals surface area contributed by atoms with Gasteiger partial charge < -0.3 is 11.1 Å². The summed E-state index contributed by atoms with van der Waals surface area (Å²) in [4.78, 5) is 12.1. The van der Waals surface area contributed by atoms with Crippen molar-refractivity contribution < 1.29 is 9.18 Å². The molecule has 0 radical (unpaired) electrons. The van der Waals surface area contributed by atoms with Gasteiger partial charge in [0.1, 0.15) is 5.69 Å². The van der Waals surface area contributed by atoms with E-state index in [1.807, 2.05) is 6.92 Å². The van der Waals surface area contributed by atoms with Gasteiger partial charge in [-0.05, 0) is 49.9 Å². The third-order valence-corrected chi connectivity index (χ3v) is 4.02. The molecule has 1 heterocycles. The molecular weight excluding hydrogens is 283 g/mol.